The molecule has 1 aliphatic rings. The standard InChI is InChI=1S/C14H18N4OS2/c1-3-12-15-14(17-16-12)21-9(2)13(19)18-6-4-11-10(8-18)5-7-20-11/h5,7,9H,3-4,6,8H2,1-2H3,(H,15,16,17). The van der Waals surface area contributed by atoms with Crippen molar-refractivity contribution in [1.29, 1.82) is 0 Å². The molecule has 2 aromatic heterocycles. The number of aromatic nitrogens is 3. The number of carbonyl (C=O) groups excluding carboxylic acids is 1. The number of aromatic amines is 1. The van der Waals surface area contributed by atoms with Gasteiger partial charge in [0, 0.05) is 24.4 Å². The molecule has 21 heavy (non-hydrogen) atoms. The van der Waals surface area contributed by atoms with Gasteiger partial charge in [-0.3, -0.25) is 9.89 Å². The number of amides is 1. The molecule has 1 aliphatic heterocycles. The summed E-state index contributed by atoms with van der Waals surface area (Å²) in [6, 6.07) is 2.13. The van der Waals surface area contributed by atoms with E-state index in [-0.39, 0.29) is 11.2 Å². The van der Waals surface area contributed by atoms with Crippen LogP contribution in [-0.4, -0.2) is 37.8 Å². The molecule has 0 radical (unpaired) electrons. The number of H-pyrrole nitrogens is 1. The zero-order chi connectivity index (χ0) is 14.8. The fourth-order valence-electron chi connectivity index (χ4n) is 2.39. The highest BCUT2D eigenvalue weighted by Gasteiger charge is 2.26. The Morgan fingerprint density at radius 1 is 1.62 bits per heavy atom. The van der Waals surface area contributed by atoms with Crippen LogP contribution in [0.2, 0.25) is 0 Å². The van der Waals surface area contributed by atoms with Gasteiger partial charge in [-0.2, -0.15) is 0 Å². The highest BCUT2D eigenvalue weighted by atomic mass is 32.2. The normalized spacial score (nSPS) is 15.8. The molecule has 3 heterocycles. The lowest BCUT2D eigenvalue weighted by Gasteiger charge is -2.28. The lowest BCUT2D eigenvalue weighted by Crippen LogP contribution is -2.39. The SMILES string of the molecule is CCc1nc(SC(C)C(=O)N2CCc3sccc3C2)n[nH]1. The van der Waals surface area contributed by atoms with Gasteiger partial charge in [0.15, 0.2) is 0 Å². The first-order valence-corrected chi connectivity index (χ1v) is 8.85. The smallest absolute Gasteiger partial charge is 0.236 e. The molecule has 0 aromatic carbocycles. The third-order valence-electron chi connectivity index (χ3n) is 3.60. The molecule has 0 spiro atoms. The summed E-state index contributed by atoms with van der Waals surface area (Å²) in [5, 5.41) is 9.62. The summed E-state index contributed by atoms with van der Waals surface area (Å²) < 4.78 is 0. The Balaban J connectivity index is 1.62. The number of hydrogen-bond donors (Lipinski definition) is 1. The Hall–Kier alpha value is -1.34. The number of aryl methyl sites for hydroxylation is 1. The van der Waals surface area contributed by atoms with Crippen molar-refractivity contribution in [3.8, 4) is 0 Å². The Bertz CT molecular complexity index is 636. The predicted octanol–water partition coefficient (Wildman–Crippen LogP) is 2.49. The van der Waals surface area contributed by atoms with E-state index in [1.165, 1.54) is 22.2 Å². The van der Waals surface area contributed by atoms with Gasteiger partial charge in [0.1, 0.15) is 5.82 Å². The summed E-state index contributed by atoms with van der Waals surface area (Å²) in [6.07, 6.45) is 1.79. The summed E-state index contributed by atoms with van der Waals surface area (Å²) >= 11 is 3.21. The van der Waals surface area contributed by atoms with Crippen molar-refractivity contribution in [1.82, 2.24) is 20.1 Å². The molecule has 5 nitrogen and oxygen atoms in total. The van der Waals surface area contributed by atoms with Crippen molar-refractivity contribution in [3.63, 3.8) is 0 Å². The van der Waals surface area contributed by atoms with Gasteiger partial charge in [0.2, 0.25) is 11.1 Å². The van der Waals surface area contributed by atoms with E-state index >= 15 is 0 Å². The van der Waals surface area contributed by atoms with E-state index < -0.39 is 0 Å². The monoisotopic (exact) mass is 322 g/mol. The minimum atomic E-state index is -0.161. The second-order valence-corrected chi connectivity index (χ2v) is 7.37. The maximum atomic E-state index is 12.6. The molecule has 3 rings (SSSR count). The molecule has 1 atom stereocenters. The average Bonchev–Trinajstić information content (AvgIpc) is 3.13. The first kappa shape index (κ1) is 14.6. The maximum Gasteiger partial charge on any atom is 0.236 e. The number of nitrogens with zero attached hydrogens (tertiary/aromatic N) is 3. The summed E-state index contributed by atoms with van der Waals surface area (Å²) in [7, 11) is 0. The fraction of sp³-hybridized carbons (Fsp3) is 0.500. The zero-order valence-electron chi connectivity index (χ0n) is 12.1. The van der Waals surface area contributed by atoms with Crippen LogP contribution in [0.5, 0.6) is 0 Å². The van der Waals surface area contributed by atoms with Crippen LogP contribution in [0.3, 0.4) is 0 Å². The minimum absolute atomic E-state index is 0.161. The minimum Gasteiger partial charge on any atom is -0.337 e. The predicted molar refractivity (Wildman–Crippen MR) is 84.5 cm³/mol. The summed E-state index contributed by atoms with van der Waals surface area (Å²) in [4.78, 5) is 20.3. The van der Waals surface area contributed by atoms with Gasteiger partial charge in [-0.15, -0.1) is 16.4 Å². The molecule has 1 amide bonds. The van der Waals surface area contributed by atoms with Gasteiger partial charge in [0.25, 0.3) is 0 Å². The van der Waals surface area contributed by atoms with Gasteiger partial charge >= 0.3 is 0 Å². The highest BCUT2D eigenvalue weighted by molar-refractivity contribution is 8.00. The number of carbonyl (C=O) groups is 1. The summed E-state index contributed by atoms with van der Waals surface area (Å²) in [5.74, 6) is 1.03. The molecule has 112 valence electrons. The highest BCUT2D eigenvalue weighted by Crippen LogP contribution is 2.27. The van der Waals surface area contributed by atoms with Crippen LogP contribution >= 0.6 is 23.1 Å². The van der Waals surface area contributed by atoms with E-state index in [1.807, 2.05) is 18.7 Å². The molecule has 7 heteroatoms. The van der Waals surface area contributed by atoms with Crippen molar-refractivity contribution in [2.45, 2.75) is 43.6 Å². The maximum absolute atomic E-state index is 12.6. The van der Waals surface area contributed by atoms with E-state index in [2.05, 4.69) is 26.6 Å². The third-order valence-corrected chi connectivity index (χ3v) is 5.57. The summed E-state index contributed by atoms with van der Waals surface area (Å²) in [6.45, 7) is 5.50. The van der Waals surface area contributed by atoms with Crippen molar-refractivity contribution >= 4 is 29.0 Å². The fourth-order valence-corrected chi connectivity index (χ4v) is 4.11. The molecular formula is C14H18N4OS2. The van der Waals surface area contributed by atoms with Gasteiger partial charge in [-0.1, -0.05) is 18.7 Å². The van der Waals surface area contributed by atoms with Crippen LogP contribution in [0, 0.1) is 0 Å². The molecule has 1 unspecified atom stereocenters. The molecule has 0 bridgehead atoms. The number of nitrogens with one attached hydrogen (secondary N) is 1. The Kier molecular flexibility index (Phi) is 4.30. The first-order valence-electron chi connectivity index (χ1n) is 7.09. The van der Waals surface area contributed by atoms with E-state index in [1.54, 1.807) is 11.3 Å². The average molecular weight is 322 g/mol. The molecule has 0 saturated carbocycles. The number of hydrogen-bond acceptors (Lipinski definition) is 5. The van der Waals surface area contributed by atoms with Crippen LogP contribution in [0.15, 0.2) is 16.6 Å². The Morgan fingerprint density at radius 3 is 3.24 bits per heavy atom. The topological polar surface area (TPSA) is 61.9 Å². The van der Waals surface area contributed by atoms with Crippen molar-refractivity contribution in [3.05, 3.63) is 27.7 Å². The number of fused-ring (bicyclic) bond motifs is 1. The largest absolute Gasteiger partial charge is 0.337 e. The number of thioether (sulfide) groups is 1. The second kappa shape index (κ2) is 6.19. The van der Waals surface area contributed by atoms with Gasteiger partial charge in [-0.05, 0) is 30.4 Å². The Morgan fingerprint density at radius 2 is 2.48 bits per heavy atom. The number of thiophene rings is 1. The molecule has 1 N–H and O–H groups in total. The number of rotatable bonds is 4. The second-order valence-electron chi connectivity index (χ2n) is 5.06. The van der Waals surface area contributed by atoms with Crippen LogP contribution < -0.4 is 0 Å². The van der Waals surface area contributed by atoms with Crippen LogP contribution in [0.4, 0.5) is 0 Å². The van der Waals surface area contributed by atoms with Crippen LogP contribution in [0.1, 0.15) is 30.1 Å². The van der Waals surface area contributed by atoms with E-state index in [0.717, 1.165) is 31.8 Å². The Labute approximate surface area is 132 Å². The molecular weight excluding hydrogens is 304 g/mol. The lowest BCUT2D eigenvalue weighted by atomic mass is 10.1. The molecule has 0 aliphatic carbocycles. The van der Waals surface area contributed by atoms with Gasteiger partial charge in [-0.25, -0.2) is 4.98 Å². The van der Waals surface area contributed by atoms with E-state index in [0.29, 0.717) is 5.16 Å². The van der Waals surface area contributed by atoms with Crippen molar-refractivity contribution < 1.29 is 4.79 Å². The lowest BCUT2D eigenvalue weighted by molar-refractivity contribution is -0.131. The van der Waals surface area contributed by atoms with Crippen molar-refractivity contribution in [2.24, 2.45) is 0 Å². The molecule has 0 fully saturated rings. The van der Waals surface area contributed by atoms with Crippen LogP contribution in [0.25, 0.3) is 0 Å². The molecule has 0 saturated heterocycles. The quantitative estimate of drug-likeness (QED) is 0.879. The van der Waals surface area contributed by atoms with Crippen LogP contribution in [-0.2, 0) is 24.2 Å². The van der Waals surface area contributed by atoms with E-state index in [9.17, 15) is 4.79 Å². The summed E-state index contributed by atoms with van der Waals surface area (Å²) in [5.41, 5.74) is 1.29. The zero-order valence-corrected chi connectivity index (χ0v) is 13.8. The van der Waals surface area contributed by atoms with Gasteiger partial charge < -0.3 is 4.90 Å². The third kappa shape index (κ3) is 3.13. The van der Waals surface area contributed by atoms with Gasteiger partial charge in [0.05, 0.1) is 5.25 Å². The first-order chi connectivity index (χ1) is 10.2. The molecule has 2 aromatic rings. The van der Waals surface area contributed by atoms with E-state index in [4.69, 9.17) is 0 Å². The van der Waals surface area contributed by atoms with Crippen molar-refractivity contribution in [2.75, 3.05) is 6.54 Å².